The van der Waals surface area contributed by atoms with E-state index in [0.717, 1.165) is 11.8 Å². The van der Waals surface area contributed by atoms with Gasteiger partial charge in [0.05, 0.1) is 16.1 Å². The van der Waals surface area contributed by atoms with Gasteiger partial charge in [0, 0.05) is 0 Å². The van der Waals surface area contributed by atoms with Gasteiger partial charge < -0.3 is 0 Å². The summed E-state index contributed by atoms with van der Waals surface area (Å²) < 4.78 is 0. The van der Waals surface area contributed by atoms with E-state index in [1.165, 1.54) is 6.42 Å². The van der Waals surface area contributed by atoms with Crippen LogP contribution in [-0.2, 0) is 0 Å². The molecule has 2 heteroatoms. The molecule has 0 aromatic heterocycles. The molecule has 0 aromatic rings. The van der Waals surface area contributed by atoms with Gasteiger partial charge in [-0.15, -0.1) is 0 Å². The van der Waals surface area contributed by atoms with Crippen LogP contribution in [0, 0.1) is 11.8 Å². The van der Waals surface area contributed by atoms with Crippen molar-refractivity contribution >= 4 is 16.1 Å². The summed E-state index contributed by atoms with van der Waals surface area (Å²) in [6.07, 6.45) is 10.8. The summed E-state index contributed by atoms with van der Waals surface area (Å²) in [7, 11) is -2.35. The van der Waals surface area contributed by atoms with E-state index in [0.29, 0.717) is 0 Å². The third-order valence-electron chi connectivity index (χ3n) is 3.95. The highest BCUT2D eigenvalue weighted by molar-refractivity contribution is 6.89. The van der Waals surface area contributed by atoms with Crippen molar-refractivity contribution in [3.63, 3.8) is 0 Å². The lowest BCUT2D eigenvalue weighted by Gasteiger charge is -2.31. The summed E-state index contributed by atoms with van der Waals surface area (Å²) in [5.74, 6) is 1.51. The van der Waals surface area contributed by atoms with Gasteiger partial charge in [-0.05, 0) is 18.3 Å². The van der Waals surface area contributed by atoms with E-state index >= 15 is 0 Å². The van der Waals surface area contributed by atoms with E-state index in [4.69, 9.17) is 0 Å². The van der Waals surface area contributed by atoms with Crippen LogP contribution >= 0.6 is 0 Å². The van der Waals surface area contributed by atoms with Crippen LogP contribution in [0.3, 0.4) is 0 Å². The average Bonchev–Trinajstić information content (AvgIpc) is 2.30. The Bertz CT molecular complexity index is 362. The molecule has 2 aliphatic carbocycles. The fourth-order valence-electron chi connectivity index (χ4n) is 3.58. The highest BCUT2D eigenvalue weighted by Crippen LogP contribution is 2.47. The monoisotopic (exact) mass is 262 g/mol. The largest absolute Gasteiger partial charge is 0.0782 e. The predicted molar refractivity (Wildman–Crippen MR) is 83.6 cm³/mol. The lowest BCUT2D eigenvalue weighted by Crippen LogP contribution is -2.34. The van der Waals surface area contributed by atoms with Crippen LogP contribution in [0.25, 0.3) is 0 Å². The molecule has 17 heavy (non-hydrogen) atoms. The number of fused-ring (bicyclic) bond motifs is 2. The van der Waals surface area contributed by atoms with Crippen LogP contribution in [0.2, 0.25) is 39.3 Å². The van der Waals surface area contributed by atoms with E-state index in [1.54, 1.807) is 0 Å². The Morgan fingerprint density at radius 2 is 1.12 bits per heavy atom. The van der Waals surface area contributed by atoms with Gasteiger partial charge in [0.15, 0.2) is 0 Å². The fourth-order valence-corrected chi connectivity index (χ4v) is 10.5. The lowest BCUT2D eigenvalue weighted by molar-refractivity contribution is 0.670. The van der Waals surface area contributed by atoms with E-state index in [1.807, 2.05) is 10.4 Å². The van der Waals surface area contributed by atoms with Crippen LogP contribution in [-0.4, -0.2) is 16.1 Å². The van der Waals surface area contributed by atoms with Crippen molar-refractivity contribution in [2.45, 2.75) is 45.7 Å². The molecule has 0 spiro atoms. The molecule has 0 saturated heterocycles. The summed E-state index contributed by atoms with van der Waals surface area (Å²) in [5.41, 5.74) is 0. The van der Waals surface area contributed by atoms with Gasteiger partial charge >= 0.3 is 0 Å². The van der Waals surface area contributed by atoms with Crippen LogP contribution in [0.4, 0.5) is 0 Å². The summed E-state index contributed by atoms with van der Waals surface area (Å²) in [6.45, 7) is 15.1. The molecular weight excluding hydrogens is 236 g/mol. The molecule has 2 rings (SSSR count). The fraction of sp³-hybridized carbons (Fsp3) is 0.600. The van der Waals surface area contributed by atoms with Crippen molar-refractivity contribution in [1.29, 1.82) is 0 Å². The van der Waals surface area contributed by atoms with Gasteiger partial charge in [-0.1, -0.05) is 74.0 Å². The number of rotatable bonds is 2. The second-order valence-corrected chi connectivity index (χ2v) is 17.6. The molecule has 0 unspecified atom stereocenters. The van der Waals surface area contributed by atoms with Crippen molar-refractivity contribution in [3.8, 4) is 0 Å². The van der Waals surface area contributed by atoms with Gasteiger partial charge in [-0.2, -0.15) is 0 Å². The highest BCUT2D eigenvalue weighted by Gasteiger charge is 2.42. The summed E-state index contributed by atoms with van der Waals surface area (Å²) in [5, 5.41) is 3.78. The zero-order valence-electron chi connectivity index (χ0n) is 12.2. The Labute approximate surface area is 109 Å². The first kappa shape index (κ1) is 13.1. The summed E-state index contributed by atoms with van der Waals surface area (Å²) >= 11 is 0. The molecule has 0 heterocycles. The topological polar surface area (TPSA) is 0 Å². The standard InChI is InChI=1S/C15H26Si2/c1-16(2,3)14-12-9-7-8-10-13(11-12)15(14)17(4,5)6/h7-10,12-13H,11H2,1-6H3/t12-,13+. The third-order valence-corrected chi connectivity index (χ3v) is 8.72. The van der Waals surface area contributed by atoms with Gasteiger partial charge in [0.1, 0.15) is 0 Å². The SMILES string of the molecule is C[Si](C)(C)C1=C([Si](C)(C)C)[C@H]2C=CC=C[C@@H]1C2. The minimum Gasteiger partial charge on any atom is -0.0782 e. The number of allylic oxidation sites excluding steroid dienone is 6. The zero-order chi connectivity index (χ0) is 12.8. The summed E-state index contributed by atoms with van der Waals surface area (Å²) in [4.78, 5) is 0. The maximum absolute atomic E-state index is 2.52. The van der Waals surface area contributed by atoms with Gasteiger partial charge in [-0.3, -0.25) is 0 Å². The first-order valence-electron chi connectivity index (χ1n) is 6.81. The molecule has 0 aromatic carbocycles. The molecule has 0 aliphatic heterocycles. The van der Waals surface area contributed by atoms with Crippen molar-refractivity contribution < 1.29 is 0 Å². The van der Waals surface area contributed by atoms with Crippen LogP contribution in [0.1, 0.15) is 6.42 Å². The molecule has 0 fully saturated rings. The second-order valence-electron chi connectivity index (χ2n) is 7.55. The Hall–Kier alpha value is -0.346. The van der Waals surface area contributed by atoms with Gasteiger partial charge in [0.25, 0.3) is 0 Å². The first-order valence-corrected chi connectivity index (χ1v) is 13.8. The Kier molecular flexibility index (Phi) is 3.15. The van der Waals surface area contributed by atoms with Crippen LogP contribution in [0.5, 0.6) is 0 Å². The zero-order valence-corrected chi connectivity index (χ0v) is 14.2. The minimum atomic E-state index is -1.18. The number of hydrogen-bond acceptors (Lipinski definition) is 0. The maximum Gasteiger partial charge on any atom is 0.0726 e. The van der Waals surface area contributed by atoms with Crippen molar-refractivity contribution in [2.24, 2.45) is 11.8 Å². The summed E-state index contributed by atoms with van der Waals surface area (Å²) in [6, 6.07) is 0. The Balaban J connectivity index is 2.60. The van der Waals surface area contributed by atoms with E-state index in [2.05, 4.69) is 63.6 Å². The molecule has 2 bridgehead atoms. The van der Waals surface area contributed by atoms with Gasteiger partial charge in [0.2, 0.25) is 0 Å². The average molecular weight is 263 g/mol. The Morgan fingerprint density at radius 3 is 1.41 bits per heavy atom. The molecule has 0 radical (unpaired) electrons. The maximum atomic E-state index is 2.52. The van der Waals surface area contributed by atoms with Crippen LogP contribution < -0.4 is 0 Å². The molecule has 0 saturated carbocycles. The minimum absolute atomic E-state index is 0.753. The Morgan fingerprint density at radius 1 is 0.765 bits per heavy atom. The van der Waals surface area contributed by atoms with Crippen molar-refractivity contribution in [3.05, 3.63) is 34.7 Å². The molecule has 0 amide bonds. The molecule has 0 N–H and O–H groups in total. The number of hydrogen-bond donors (Lipinski definition) is 0. The second kappa shape index (κ2) is 4.09. The highest BCUT2D eigenvalue weighted by atomic mass is 28.3. The third kappa shape index (κ3) is 2.43. The van der Waals surface area contributed by atoms with E-state index in [9.17, 15) is 0 Å². The first-order chi connectivity index (χ1) is 7.71. The smallest absolute Gasteiger partial charge is 0.0726 e. The van der Waals surface area contributed by atoms with E-state index < -0.39 is 16.1 Å². The van der Waals surface area contributed by atoms with Gasteiger partial charge in [-0.25, -0.2) is 0 Å². The lowest BCUT2D eigenvalue weighted by atomic mass is 10.1. The van der Waals surface area contributed by atoms with E-state index in [-0.39, 0.29) is 0 Å². The quantitative estimate of drug-likeness (QED) is 0.627. The molecule has 2 aliphatic rings. The van der Waals surface area contributed by atoms with Crippen molar-refractivity contribution in [2.75, 3.05) is 0 Å². The van der Waals surface area contributed by atoms with Crippen molar-refractivity contribution in [1.82, 2.24) is 0 Å². The molecule has 0 nitrogen and oxygen atoms in total. The molecule has 2 atom stereocenters. The molecule has 94 valence electrons. The normalized spacial score (nSPS) is 28.8. The van der Waals surface area contributed by atoms with Crippen LogP contribution in [0.15, 0.2) is 34.7 Å². The predicted octanol–water partition coefficient (Wildman–Crippen LogP) is 4.80. The molecular formula is C15H26Si2.